The summed E-state index contributed by atoms with van der Waals surface area (Å²) in [6.45, 7) is 6.25. The van der Waals surface area contributed by atoms with Crippen molar-refractivity contribution in [2.24, 2.45) is 0 Å². The Labute approximate surface area is 127 Å². The first-order chi connectivity index (χ1) is 9.86. The van der Waals surface area contributed by atoms with Crippen LogP contribution in [0.5, 0.6) is 0 Å². The lowest BCUT2D eigenvalue weighted by molar-refractivity contribution is 0.198. The van der Waals surface area contributed by atoms with Gasteiger partial charge in [0.1, 0.15) is 0 Å². The summed E-state index contributed by atoms with van der Waals surface area (Å²) in [7, 11) is 2.10. The molecule has 1 aliphatic rings. The van der Waals surface area contributed by atoms with E-state index in [9.17, 15) is 0 Å². The summed E-state index contributed by atoms with van der Waals surface area (Å²) in [4.78, 5) is 2.67. The highest BCUT2D eigenvalue weighted by molar-refractivity contribution is 4.75. The predicted molar refractivity (Wildman–Crippen MR) is 90.4 cm³/mol. The van der Waals surface area contributed by atoms with E-state index in [1.807, 2.05) is 0 Å². The molecular formula is C18H38N2. The van der Waals surface area contributed by atoms with Gasteiger partial charge in [0.15, 0.2) is 0 Å². The lowest BCUT2D eigenvalue weighted by atomic mass is 10.0. The zero-order chi connectivity index (χ0) is 14.5. The summed E-state index contributed by atoms with van der Waals surface area (Å²) in [5, 5.41) is 3.41. The molecule has 0 bridgehead atoms. The van der Waals surface area contributed by atoms with Crippen LogP contribution in [0.2, 0.25) is 0 Å². The van der Waals surface area contributed by atoms with Crippen molar-refractivity contribution in [2.45, 2.75) is 90.0 Å². The highest BCUT2D eigenvalue weighted by Crippen LogP contribution is 2.13. The average molecular weight is 283 g/mol. The van der Waals surface area contributed by atoms with Crippen LogP contribution in [0.15, 0.2) is 0 Å². The summed E-state index contributed by atoms with van der Waals surface area (Å²) in [5.41, 5.74) is 0. The smallest absolute Gasteiger partial charge is 0.00884 e. The minimum atomic E-state index is 0.777. The third-order valence-electron chi connectivity index (χ3n) is 4.82. The maximum Gasteiger partial charge on any atom is 0.00884 e. The molecule has 0 radical (unpaired) electrons. The van der Waals surface area contributed by atoms with Gasteiger partial charge in [-0.15, -0.1) is 0 Å². The van der Waals surface area contributed by atoms with Crippen LogP contribution in [0.25, 0.3) is 0 Å². The number of nitrogens with one attached hydrogen (secondary N) is 1. The Morgan fingerprint density at radius 1 is 0.800 bits per heavy atom. The molecule has 0 atom stereocenters. The van der Waals surface area contributed by atoms with E-state index >= 15 is 0 Å². The van der Waals surface area contributed by atoms with Gasteiger partial charge in [0.2, 0.25) is 0 Å². The quantitative estimate of drug-likeness (QED) is 0.527. The first-order valence-corrected chi connectivity index (χ1v) is 9.26. The third kappa shape index (κ3) is 8.97. The van der Waals surface area contributed by atoms with E-state index in [4.69, 9.17) is 0 Å². The van der Waals surface area contributed by atoms with Gasteiger partial charge in [0.25, 0.3) is 0 Å². The summed E-state index contributed by atoms with van der Waals surface area (Å²) < 4.78 is 0. The van der Waals surface area contributed by atoms with Crippen LogP contribution in [-0.2, 0) is 0 Å². The van der Waals surface area contributed by atoms with Gasteiger partial charge in [-0.2, -0.15) is 0 Å². The van der Waals surface area contributed by atoms with Crippen LogP contribution in [0.1, 0.15) is 84.0 Å². The Morgan fingerprint density at radius 3 is 1.80 bits per heavy atom. The number of hydrogen-bond donors (Lipinski definition) is 1. The zero-order valence-electron chi connectivity index (χ0n) is 14.1. The molecule has 1 rings (SSSR count). The van der Waals surface area contributed by atoms with Gasteiger partial charge >= 0.3 is 0 Å². The molecule has 2 nitrogen and oxygen atoms in total. The predicted octanol–water partition coefficient (Wildman–Crippen LogP) is 4.59. The Bertz CT molecular complexity index is 198. The third-order valence-corrected chi connectivity index (χ3v) is 4.82. The van der Waals surface area contributed by atoms with Crippen LogP contribution in [-0.4, -0.2) is 37.6 Å². The number of rotatable bonds is 12. The van der Waals surface area contributed by atoms with Crippen molar-refractivity contribution in [1.82, 2.24) is 10.2 Å². The van der Waals surface area contributed by atoms with Crippen molar-refractivity contribution >= 4 is 0 Å². The Hall–Kier alpha value is -0.0800. The van der Waals surface area contributed by atoms with Crippen molar-refractivity contribution < 1.29 is 0 Å². The highest BCUT2D eigenvalue weighted by Gasteiger charge is 2.16. The second kappa shape index (κ2) is 12.6. The van der Waals surface area contributed by atoms with Crippen LogP contribution < -0.4 is 5.32 Å². The number of hydrogen-bond acceptors (Lipinski definition) is 2. The van der Waals surface area contributed by atoms with Gasteiger partial charge < -0.3 is 10.2 Å². The van der Waals surface area contributed by atoms with Crippen LogP contribution in [0, 0.1) is 0 Å². The maximum absolute atomic E-state index is 3.41. The molecule has 20 heavy (non-hydrogen) atoms. The first kappa shape index (κ1) is 18.0. The van der Waals surface area contributed by atoms with Gasteiger partial charge in [-0.25, -0.2) is 0 Å². The number of likely N-dealkylation sites (tertiary alicyclic amines) is 1. The van der Waals surface area contributed by atoms with E-state index in [0.29, 0.717) is 0 Å². The average Bonchev–Trinajstić information content (AvgIpc) is 2.50. The van der Waals surface area contributed by atoms with E-state index in [-0.39, 0.29) is 0 Å². The molecule has 0 saturated carbocycles. The fraction of sp³-hybridized carbons (Fsp3) is 1.00. The molecule has 1 N–H and O–H groups in total. The number of nitrogens with zero attached hydrogens (tertiary/aromatic N) is 1. The molecule has 0 aromatic carbocycles. The standard InChI is InChI=1S/C18H38N2/c1-3-4-5-6-7-8-9-10-11-12-15-20-16-13-18(19-2)14-17-20/h18-19H,3-17H2,1-2H3. The van der Waals surface area contributed by atoms with Gasteiger partial charge in [-0.05, 0) is 45.9 Å². The van der Waals surface area contributed by atoms with E-state index in [2.05, 4.69) is 24.2 Å². The molecule has 1 saturated heterocycles. The summed E-state index contributed by atoms with van der Waals surface area (Å²) >= 11 is 0. The van der Waals surface area contributed by atoms with Gasteiger partial charge in [-0.3, -0.25) is 0 Å². The Kier molecular flexibility index (Phi) is 11.4. The van der Waals surface area contributed by atoms with Gasteiger partial charge in [0, 0.05) is 6.04 Å². The van der Waals surface area contributed by atoms with Gasteiger partial charge in [0.05, 0.1) is 0 Å². The fourth-order valence-electron chi connectivity index (χ4n) is 3.27. The van der Waals surface area contributed by atoms with Crippen LogP contribution in [0.3, 0.4) is 0 Å². The maximum atomic E-state index is 3.41. The molecule has 1 aliphatic heterocycles. The summed E-state index contributed by atoms with van der Waals surface area (Å²) in [6, 6.07) is 0.777. The Morgan fingerprint density at radius 2 is 1.30 bits per heavy atom. The summed E-state index contributed by atoms with van der Waals surface area (Å²) in [6.07, 6.45) is 17.1. The molecule has 0 aromatic heterocycles. The van der Waals surface area contributed by atoms with E-state index < -0.39 is 0 Å². The summed E-state index contributed by atoms with van der Waals surface area (Å²) in [5.74, 6) is 0. The molecule has 2 heteroatoms. The molecule has 0 aromatic rings. The topological polar surface area (TPSA) is 15.3 Å². The molecule has 1 heterocycles. The molecule has 0 aliphatic carbocycles. The van der Waals surface area contributed by atoms with Crippen molar-refractivity contribution in [1.29, 1.82) is 0 Å². The largest absolute Gasteiger partial charge is 0.317 e. The van der Waals surface area contributed by atoms with Gasteiger partial charge in [-0.1, -0.05) is 64.7 Å². The van der Waals surface area contributed by atoms with Crippen LogP contribution in [0.4, 0.5) is 0 Å². The highest BCUT2D eigenvalue weighted by atomic mass is 15.1. The fourth-order valence-corrected chi connectivity index (χ4v) is 3.27. The van der Waals surface area contributed by atoms with Crippen molar-refractivity contribution in [3.8, 4) is 0 Å². The molecular weight excluding hydrogens is 244 g/mol. The molecule has 0 spiro atoms. The lowest BCUT2D eigenvalue weighted by Gasteiger charge is -2.31. The number of piperidine rings is 1. The molecule has 120 valence electrons. The minimum Gasteiger partial charge on any atom is -0.317 e. The normalized spacial score (nSPS) is 17.7. The Balaban J connectivity index is 1.79. The monoisotopic (exact) mass is 282 g/mol. The molecule has 0 amide bonds. The van der Waals surface area contributed by atoms with E-state index in [0.717, 1.165) is 6.04 Å². The van der Waals surface area contributed by atoms with E-state index in [1.54, 1.807) is 0 Å². The zero-order valence-corrected chi connectivity index (χ0v) is 14.1. The molecule has 0 unspecified atom stereocenters. The van der Waals surface area contributed by atoms with Crippen molar-refractivity contribution in [2.75, 3.05) is 26.7 Å². The minimum absolute atomic E-state index is 0.777. The first-order valence-electron chi connectivity index (χ1n) is 9.26. The second-order valence-corrected chi connectivity index (χ2v) is 6.59. The molecule has 1 fully saturated rings. The number of unbranched alkanes of at least 4 members (excludes halogenated alkanes) is 9. The van der Waals surface area contributed by atoms with E-state index in [1.165, 1.54) is 96.7 Å². The van der Waals surface area contributed by atoms with Crippen molar-refractivity contribution in [3.63, 3.8) is 0 Å². The second-order valence-electron chi connectivity index (χ2n) is 6.59. The van der Waals surface area contributed by atoms with Crippen LogP contribution >= 0.6 is 0 Å². The lowest BCUT2D eigenvalue weighted by Crippen LogP contribution is -2.41. The van der Waals surface area contributed by atoms with Crippen molar-refractivity contribution in [3.05, 3.63) is 0 Å². The SMILES string of the molecule is CCCCCCCCCCCCN1CCC(NC)CC1.